The van der Waals surface area contributed by atoms with E-state index in [1.165, 1.54) is 12.3 Å². The molecule has 12 nitrogen and oxygen atoms in total. The highest BCUT2D eigenvalue weighted by atomic mass is 35.5. The SMILES string of the molecule is C=N[C@]1(CO[P@@]2(=O)OCC[C@@H](c3cccc(Cl)c3)O2)O[C@@H](n2ccc(=O)[nH]c2=O)[C@@H]2OC(C)(C)O[C@@H]21. The number of aromatic nitrogens is 2. The molecule has 3 aliphatic heterocycles. The Labute approximate surface area is 210 Å². The average Bonchev–Trinajstić information content (AvgIpc) is 3.29. The van der Waals surface area contributed by atoms with Crippen LogP contribution in [0.2, 0.25) is 5.02 Å². The van der Waals surface area contributed by atoms with Crippen LogP contribution < -0.4 is 11.2 Å². The second-order valence-electron chi connectivity index (χ2n) is 9.04. The molecular weight excluding hydrogens is 517 g/mol. The van der Waals surface area contributed by atoms with E-state index in [1.54, 1.807) is 32.0 Å². The lowest BCUT2D eigenvalue weighted by molar-refractivity contribution is -0.224. The molecule has 2 aromatic rings. The van der Waals surface area contributed by atoms with E-state index in [1.807, 2.05) is 6.07 Å². The lowest BCUT2D eigenvalue weighted by atomic mass is 10.1. The maximum Gasteiger partial charge on any atom is 0.475 e. The van der Waals surface area contributed by atoms with Gasteiger partial charge < -0.3 is 14.2 Å². The molecule has 36 heavy (non-hydrogen) atoms. The molecule has 3 aliphatic rings. The molecule has 0 radical (unpaired) electrons. The summed E-state index contributed by atoms with van der Waals surface area (Å²) >= 11 is 6.09. The molecule has 0 aliphatic carbocycles. The zero-order valence-electron chi connectivity index (χ0n) is 19.5. The van der Waals surface area contributed by atoms with Gasteiger partial charge in [0.25, 0.3) is 5.56 Å². The van der Waals surface area contributed by atoms with Gasteiger partial charge in [-0.2, -0.15) is 0 Å². The van der Waals surface area contributed by atoms with Crippen molar-refractivity contribution in [1.82, 2.24) is 9.55 Å². The predicted octanol–water partition coefficient (Wildman–Crippen LogP) is 2.94. The zero-order valence-corrected chi connectivity index (χ0v) is 21.1. The third kappa shape index (κ3) is 4.75. The van der Waals surface area contributed by atoms with Gasteiger partial charge >= 0.3 is 13.5 Å². The molecule has 0 spiro atoms. The Morgan fingerprint density at radius 1 is 1.28 bits per heavy atom. The van der Waals surface area contributed by atoms with E-state index in [-0.39, 0.29) is 6.61 Å². The molecule has 0 bridgehead atoms. The summed E-state index contributed by atoms with van der Waals surface area (Å²) < 4.78 is 49.5. The summed E-state index contributed by atoms with van der Waals surface area (Å²) in [5, 5.41) is 0.517. The first-order chi connectivity index (χ1) is 17.0. The van der Waals surface area contributed by atoms with Crippen LogP contribution in [0.1, 0.15) is 38.2 Å². The number of ether oxygens (including phenoxy) is 3. The number of hydrogen-bond donors (Lipinski definition) is 1. The minimum absolute atomic E-state index is 0.123. The first kappa shape index (κ1) is 25.5. The molecule has 194 valence electrons. The third-order valence-electron chi connectivity index (χ3n) is 6.11. The summed E-state index contributed by atoms with van der Waals surface area (Å²) in [6.07, 6.45) is -1.61. The van der Waals surface area contributed by atoms with Crippen LogP contribution in [0, 0.1) is 0 Å². The van der Waals surface area contributed by atoms with Gasteiger partial charge in [-0.1, -0.05) is 23.7 Å². The van der Waals surface area contributed by atoms with Crippen LogP contribution in [0.5, 0.6) is 0 Å². The van der Waals surface area contributed by atoms with Crippen molar-refractivity contribution in [2.24, 2.45) is 4.99 Å². The fraction of sp³-hybridized carbons (Fsp3) is 0.500. The van der Waals surface area contributed by atoms with Gasteiger partial charge in [-0.3, -0.25) is 32.9 Å². The van der Waals surface area contributed by atoms with Gasteiger partial charge in [0.2, 0.25) is 5.72 Å². The number of rotatable bonds is 6. The van der Waals surface area contributed by atoms with E-state index in [0.717, 1.165) is 10.1 Å². The Morgan fingerprint density at radius 2 is 2.08 bits per heavy atom. The van der Waals surface area contributed by atoms with E-state index in [2.05, 4.69) is 16.7 Å². The van der Waals surface area contributed by atoms with Gasteiger partial charge in [0.1, 0.15) is 18.8 Å². The largest absolute Gasteiger partial charge is 0.475 e. The van der Waals surface area contributed by atoms with Gasteiger partial charge in [-0.05, 0) is 38.3 Å². The molecule has 6 atom stereocenters. The Morgan fingerprint density at radius 3 is 2.81 bits per heavy atom. The normalized spacial score (nSPS) is 35.4. The Bertz CT molecular complexity index is 1330. The predicted molar refractivity (Wildman–Crippen MR) is 127 cm³/mol. The summed E-state index contributed by atoms with van der Waals surface area (Å²) in [6, 6.07) is 8.20. The second-order valence-corrected chi connectivity index (χ2v) is 11.1. The second kappa shape index (κ2) is 9.30. The van der Waals surface area contributed by atoms with E-state index in [4.69, 9.17) is 39.4 Å². The highest BCUT2D eigenvalue weighted by Crippen LogP contribution is 2.58. The molecule has 4 heterocycles. The topological polar surface area (TPSA) is 140 Å². The number of aliphatic imine (C=N–C) groups is 1. The van der Waals surface area contributed by atoms with Crippen molar-refractivity contribution in [3.8, 4) is 0 Å². The number of fused-ring (bicyclic) bond motifs is 1. The number of phosphoric ester groups is 1. The van der Waals surface area contributed by atoms with Crippen LogP contribution in [0.15, 0.2) is 51.1 Å². The molecule has 1 aromatic carbocycles. The van der Waals surface area contributed by atoms with Gasteiger partial charge in [-0.15, -0.1) is 0 Å². The number of nitrogens with one attached hydrogen (secondary N) is 1. The van der Waals surface area contributed by atoms with Crippen molar-refractivity contribution in [1.29, 1.82) is 0 Å². The van der Waals surface area contributed by atoms with E-state index >= 15 is 0 Å². The van der Waals surface area contributed by atoms with Crippen LogP contribution in [0.4, 0.5) is 0 Å². The number of halogens is 1. The standard InChI is InChI=1S/C22H25ClN3O9P/c1-21(2)32-17-18(33-21)22(24-3,34-19(17)26-9-7-16(27)25-20(26)28)12-31-36(29)30-10-8-15(35-36)13-5-4-6-14(23)11-13/h4-7,9,11,15,17-19H,3,8,10,12H2,1-2H3,(H,25,27,28)/t15-,17+,18-,19+,22+,36+/m0/s1. The molecule has 14 heteroatoms. The van der Waals surface area contributed by atoms with Crippen LogP contribution in [-0.2, 0) is 32.3 Å². The molecule has 0 saturated carbocycles. The maximum absolute atomic E-state index is 13.4. The van der Waals surface area contributed by atoms with Gasteiger partial charge in [-0.25, -0.2) is 9.36 Å². The van der Waals surface area contributed by atoms with Crippen LogP contribution in [0.3, 0.4) is 0 Å². The number of H-pyrrole nitrogens is 1. The summed E-state index contributed by atoms with van der Waals surface area (Å²) in [7, 11) is -4.06. The average molecular weight is 542 g/mol. The lowest BCUT2D eigenvalue weighted by Crippen LogP contribution is -2.45. The van der Waals surface area contributed by atoms with Gasteiger partial charge in [0.15, 0.2) is 12.0 Å². The highest BCUT2D eigenvalue weighted by molar-refractivity contribution is 7.48. The molecule has 0 amide bonds. The molecule has 5 rings (SSSR count). The number of phosphoric acid groups is 1. The van der Waals surface area contributed by atoms with Crippen LogP contribution >= 0.6 is 19.4 Å². The van der Waals surface area contributed by atoms with Crippen molar-refractivity contribution < 1.29 is 32.3 Å². The quantitative estimate of drug-likeness (QED) is 0.432. The van der Waals surface area contributed by atoms with Crippen molar-refractivity contribution in [3.63, 3.8) is 0 Å². The minimum Gasteiger partial charge on any atom is -0.340 e. The van der Waals surface area contributed by atoms with Crippen LogP contribution in [-0.4, -0.2) is 53.2 Å². The number of hydrogen-bond acceptors (Lipinski definition) is 10. The molecule has 3 fully saturated rings. The number of nitrogens with zero attached hydrogens (tertiary/aromatic N) is 2. The Kier molecular flexibility index (Phi) is 6.59. The minimum atomic E-state index is -4.06. The summed E-state index contributed by atoms with van der Waals surface area (Å²) in [5.74, 6) is -1.06. The Balaban J connectivity index is 1.40. The number of aromatic amines is 1. The van der Waals surface area contributed by atoms with Gasteiger partial charge in [0.05, 0.1) is 12.7 Å². The van der Waals surface area contributed by atoms with Crippen molar-refractivity contribution in [2.75, 3.05) is 13.2 Å². The molecule has 1 aromatic heterocycles. The van der Waals surface area contributed by atoms with E-state index in [9.17, 15) is 14.2 Å². The van der Waals surface area contributed by atoms with Crippen LogP contribution in [0.25, 0.3) is 0 Å². The van der Waals surface area contributed by atoms with E-state index in [0.29, 0.717) is 11.4 Å². The monoisotopic (exact) mass is 541 g/mol. The fourth-order valence-corrected chi connectivity index (χ4v) is 6.11. The first-order valence-electron chi connectivity index (χ1n) is 11.2. The highest BCUT2D eigenvalue weighted by Gasteiger charge is 2.64. The first-order valence-corrected chi connectivity index (χ1v) is 13.0. The summed E-state index contributed by atoms with van der Waals surface area (Å²) in [6.45, 7) is 6.69. The fourth-order valence-electron chi connectivity index (χ4n) is 4.51. The third-order valence-corrected chi connectivity index (χ3v) is 7.80. The van der Waals surface area contributed by atoms with Crippen molar-refractivity contribution in [2.45, 2.75) is 56.3 Å². The lowest BCUT2D eigenvalue weighted by Gasteiger charge is -2.34. The molecular formula is C22H25ClN3O9P. The molecule has 3 saturated heterocycles. The smallest absolute Gasteiger partial charge is 0.340 e. The number of benzene rings is 1. The van der Waals surface area contributed by atoms with Crippen molar-refractivity contribution in [3.05, 3.63) is 68.0 Å². The van der Waals surface area contributed by atoms with E-state index < -0.39 is 61.7 Å². The van der Waals surface area contributed by atoms with Gasteiger partial charge in [0, 0.05) is 23.7 Å². The Hall–Kier alpha value is -2.15. The summed E-state index contributed by atoms with van der Waals surface area (Å²) in [5.41, 5.74) is -2.18. The summed E-state index contributed by atoms with van der Waals surface area (Å²) in [4.78, 5) is 30.3. The zero-order chi connectivity index (χ0) is 25.7. The molecule has 0 unspecified atom stereocenters. The van der Waals surface area contributed by atoms with Crippen molar-refractivity contribution >= 4 is 26.1 Å². The maximum atomic E-state index is 13.4. The molecule has 1 N–H and O–H groups in total.